The van der Waals surface area contributed by atoms with E-state index in [-0.39, 0.29) is 5.56 Å². The van der Waals surface area contributed by atoms with Crippen molar-refractivity contribution in [3.8, 4) is 11.5 Å². The zero-order valence-electron chi connectivity index (χ0n) is 17.9. The van der Waals surface area contributed by atoms with Crippen LogP contribution in [0.1, 0.15) is 11.1 Å². The van der Waals surface area contributed by atoms with Gasteiger partial charge in [0.1, 0.15) is 24.7 Å². The van der Waals surface area contributed by atoms with Crippen LogP contribution in [-0.2, 0) is 6.42 Å². The molecule has 0 bridgehead atoms. The van der Waals surface area contributed by atoms with Gasteiger partial charge in [-0.15, -0.1) is 6.58 Å². The Labute approximate surface area is 194 Å². The highest BCUT2D eigenvalue weighted by molar-refractivity contribution is 7.15. The monoisotopic (exact) mass is 454 g/mol. The van der Waals surface area contributed by atoms with E-state index in [1.165, 1.54) is 11.3 Å². The number of rotatable bonds is 8. The van der Waals surface area contributed by atoms with Crippen LogP contribution in [-0.4, -0.2) is 22.6 Å². The van der Waals surface area contributed by atoms with E-state index >= 15 is 0 Å². The Morgan fingerprint density at radius 3 is 2.45 bits per heavy atom. The summed E-state index contributed by atoms with van der Waals surface area (Å²) in [6, 6.07) is 23.3. The lowest BCUT2D eigenvalue weighted by atomic mass is 10.1. The summed E-state index contributed by atoms with van der Waals surface area (Å²) < 4.78 is 14.2. The molecule has 0 aliphatic heterocycles. The van der Waals surface area contributed by atoms with Gasteiger partial charge >= 0.3 is 0 Å². The van der Waals surface area contributed by atoms with Crippen molar-refractivity contribution in [3.63, 3.8) is 0 Å². The van der Waals surface area contributed by atoms with Crippen LogP contribution in [0.3, 0.4) is 0 Å². The zero-order chi connectivity index (χ0) is 22.6. The molecule has 0 saturated heterocycles. The Kier molecular flexibility index (Phi) is 5.91. The lowest BCUT2D eigenvalue weighted by molar-refractivity contribution is 0.216. The van der Waals surface area contributed by atoms with Crippen molar-refractivity contribution < 1.29 is 9.47 Å². The smallest absolute Gasteiger partial charge is 0.274 e. The number of nitrogens with zero attached hydrogens (tertiary/aromatic N) is 2. The minimum atomic E-state index is -0.0688. The van der Waals surface area contributed by atoms with Gasteiger partial charge in [0.05, 0.1) is 15.6 Å². The van der Waals surface area contributed by atoms with Gasteiger partial charge in [-0.3, -0.25) is 4.79 Å². The number of aromatic nitrogens is 2. The molecule has 3 aromatic carbocycles. The molecule has 0 N–H and O–H groups in total. The van der Waals surface area contributed by atoms with E-state index in [0.29, 0.717) is 28.5 Å². The molecule has 0 spiro atoms. The molecular formula is C27H22N2O3S. The van der Waals surface area contributed by atoms with Gasteiger partial charge in [0, 0.05) is 5.56 Å². The molecular weight excluding hydrogens is 432 g/mol. The van der Waals surface area contributed by atoms with Gasteiger partial charge < -0.3 is 9.47 Å². The largest absolute Gasteiger partial charge is 0.490 e. The fourth-order valence-electron chi connectivity index (χ4n) is 3.76. The molecule has 0 amide bonds. The standard InChI is InChI=1S/C27H22N2O3S/c1-2-9-19-10-3-7-14-23(19)31-16-17-32-24-15-8-4-11-20(24)18-25-26(30)29-22-13-6-5-12-21(22)28-27(29)33-25/h2-8,10-15,18H,1,9,16-17H2. The first kappa shape index (κ1) is 21.0. The lowest BCUT2D eigenvalue weighted by Crippen LogP contribution is -2.22. The van der Waals surface area contributed by atoms with E-state index in [1.807, 2.05) is 84.9 Å². The Morgan fingerprint density at radius 2 is 1.61 bits per heavy atom. The first-order valence-electron chi connectivity index (χ1n) is 10.7. The number of hydrogen-bond donors (Lipinski definition) is 0. The molecule has 0 atom stereocenters. The SMILES string of the molecule is C=CCc1ccccc1OCCOc1ccccc1C=c1sc2nc3ccccc3n2c1=O. The van der Waals surface area contributed by atoms with E-state index < -0.39 is 0 Å². The fraction of sp³-hybridized carbons (Fsp3) is 0.111. The molecule has 5 nitrogen and oxygen atoms in total. The van der Waals surface area contributed by atoms with Crippen molar-refractivity contribution in [2.45, 2.75) is 6.42 Å². The first-order valence-corrected chi connectivity index (χ1v) is 11.5. The molecule has 0 radical (unpaired) electrons. The Hall–Kier alpha value is -3.90. The molecule has 6 heteroatoms. The van der Waals surface area contributed by atoms with Gasteiger partial charge in [-0.25, -0.2) is 9.38 Å². The molecule has 0 aliphatic rings. The van der Waals surface area contributed by atoms with Gasteiger partial charge in [0.25, 0.3) is 5.56 Å². The van der Waals surface area contributed by atoms with E-state index in [9.17, 15) is 4.79 Å². The second-order valence-electron chi connectivity index (χ2n) is 7.47. The highest BCUT2D eigenvalue weighted by Gasteiger charge is 2.11. The average molecular weight is 455 g/mol. The molecule has 0 aliphatic carbocycles. The minimum absolute atomic E-state index is 0.0688. The number of ether oxygens (including phenoxy) is 2. The molecule has 2 heterocycles. The second kappa shape index (κ2) is 9.30. The maximum atomic E-state index is 13.1. The van der Waals surface area contributed by atoms with Crippen LogP contribution in [0, 0.1) is 0 Å². The van der Waals surface area contributed by atoms with Gasteiger partial charge in [-0.05, 0) is 42.3 Å². The summed E-state index contributed by atoms with van der Waals surface area (Å²) in [7, 11) is 0. The zero-order valence-corrected chi connectivity index (χ0v) is 18.8. The molecule has 2 aromatic heterocycles. The molecule has 5 rings (SSSR count). The van der Waals surface area contributed by atoms with E-state index in [4.69, 9.17) is 9.47 Å². The van der Waals surface area contributed by atoms with Gasteiger partial charge in [0.15, 0.2) is 4.96 Å². The fourth-order valence-corrected chi connectivity index (χ4v) is 4.73. The van der Waals surface area contributed by atoms with Gasteiger partial charge in [-0.2, -0.15) is 0 Å². The number of hydrogen-bond acceptors (Lipinski definition) is 5. The highest BCUT2D eigenvalue weighted by atomic mass is 32.1. The summed E-state index contributed by atoms with van der Waals surface area (Å²) in [5, 5.41) is 0. The topological polar surface area (TPSA) is 52.8 Å². The number of allylic oxidation sites excluding steroid dienone is 1. The minimum Gasteiger partial charge on any atom is -0.490 e. The summed E-state index contributed by atoms with van der Waals surface area (Å²) in [6.45, 7) is 4.59. The third kappa shape index (κ3) is 4.25. The third-order valence-corrected chi connectivity index (χ3v) is 6.25. The maximum absolute atomic E-state index is 13.1. The van der Waals surface area contributed by atoms with Crippen LogP contribution in [0.25, 0.3) is 22.1 Å². The van der Waals surface area contributed by atoms with Gasteiger partial charge in [0.2, 0.25) is 0 Å². The number of imidazole rings is 1. The number of thiazole rings is 1. The number of fused-ring (bicyclic) bond motifs is 3. The van der Waals surface area contributed by atoms with Crippen molar-refractivity contribution in [3.05, 3.63) is 111 Å². The predicted molar refractivity (Wildman–Crippen MR) is 133 cm³/mol. The molecule has 0 unspecified atom stereocenters. The predicted octanol–water partition coefficient (Wildman–Crippen LogP) is 4.64. The van der Waals surface area contributed by atoms with Crippen LogP contribution in [0.5, 0.6) is 11.5 Å². The summed E-state index contributed by atoms with van der Waals surface area (Å²) in [5.41, 5.74) is 3.52. The third-order valence-electron chi connectivity index (χ3n) is 5.29. The summed E-state index contributed by atoms with van der Waals surface area (Å²) >= 11 is 1.38. The first-order chi connectivity index (χ1) is 16.2. The molecule has 5 aromatic rings. The van der Waals surface area contributed by atoms with Crippen LogP contribution in [0.2, 0.25) is 0 Å². The van der Waals surface area contributed by atoms with Crippen molar-refractivity contribution in [2.24, 2.45) is 0 Å². The Bertz CT molecular complexity index is 1550. The van der Waals surface area contributed by atoms with Crippen molar-refractivity contribution in [2.75, 3.05) is 13.2 Å². The lowest BCUT2D eigenvalue weighted by Gasteiger charge is -2.12. The van der Waals surface area contributed by atoms with Crippen molar-refractivity contribution >= 4 is 33.4 Å². The maximum Gasteiger partial charge on any atom is 0.274 e. The van der Waals surface area contributed by atoms with Crippen LogP contribution < -0.4 is 19.6 Å². The number of para-hydroxylation sites is 4. The second-order valence-corrected chi connectivity index (χ2v) is 8.48. The van der Waals surface area contributed by atoms with E-state index in [2.05, 4.69) is 11.6 Å². The molecule has 33 heavy (non-hydrogen) atoms. The Morgan fingerprint density at radius 1 is 0.909 bits per heavy atom. The van der Waals surface area contributed by atoms with E-state index in [1.54, 1.807) is 4.40 Å². The van der Waals surface area contributed by atoms with Crippen LogP contribution in [0.15, 0.2) is 90.2 Å². The highest BCUT2D eigenvalue weighted by Crippen LogP contribution is 2.21. The number of benzene rings is 3. The normalized spacial score (nSPS) is 11.8. The summed E-state index contributed by atoms with van der Waals surface area (Å²) in [5.74, 6) is 1.54. The summed E-state index contributed by atoms with van der Waals surface area (Å²) in [4.78, 5) is 18.3. The molecule has 164 valence electrons. The van der Waals surface area contributed by atoms with Crippen LogP contribution >= 0.6 is 11.3 Å². The average Bonchev–Trinajstić information content (AvgIpc) is 3.35. The quantitative estimate of drug-likeness (QED) is 0.253. The molecule has 0 fully saturated rings. The molecule has 0 saturated carbocycles. The van der Waals surface area contributed by atoms with Crippen LogP contribution in [0.4, 0.5) is 0 Å². The van der Waals surface area contributed by atoms with Crippen molar-refractivity contribution in [1.29, 1.82) is 0 Å². The Balaban J connectivity index is 1.36. The van der Waals surface area contributed by atoms with E-state index in [0.717, 1.165) is 34.3 Å². The van der Waals surface area contributed by atoms with Gasteiger partial charge in [-0.1, -0.05) is 65.9 Å². The van der Waals surface area contributed by atoms with Crippen molar-refractivity contribution in [1.82, 2.24) is 9.38 Å². The summed E-state index contributed by atoms with van der Waals surface area (Å²) in [6.07, 6.45) is 4.48.